The van der Waals surface area contributed by atoms with Crippen molar-refractivity contribution in [2.24, 2.45) is 5.16 Å². The molecule has 2 aromatic carbocycles. The minimum absolute atomic E-state index is 0.144. The van der Waals surface area contributed by atoms with Crippen LogP contribution in [0.4, 0.5) is 8.78 Å². The topological polar surface area (TPSA) is 63.5 Å². The third kappa shape index (κ3) is 7.77. The van der Waals surface area contributed by atoms with Crippen LogP contribution < -0.4 is 4.74 Å². The number of hydrogen-bond acceptors (Lipinski definition) is 6. The molecule has 0 bridgehead atoms. The van der Waals surface area contributed by atoms with E-state index in [1.165, 1.54) is 12.1 Å². The number of rotatable bonds is 10. The Morgan fingerprint density at radius 1 is 1.18 bits per heavy atom. The van der Waals surface area contributed by atoms with E-state index in [9.17, 15) is 13.9 Å². The van der Waals surface area contributed by atoms with Gasteiger partial charge in [-0.2, -0.15) is 0 Å². The van der Waals surface area contributed by atoms with Crippen molar-refractivity contribution < 1.29 is 28.2 Å². The second-order valence-corrected chi connectivity index (χ2v) is 9.21. The summed E-state index contributed by atoms with van der Waals surface area (Å²) in [5.41, 5.74) is 1.71. The highest BCUT2D eigenvalue weighted by molar-refractivity contribution is 6.01. The molecule has 0 saturated heterocycles. The number of methoxy groups -OCH3 is 1. The van der Waals surface area contributed by atoms with Gasteiger partial charge in [0.2, 0.25) is 0 Å². The van der Waals surface area contributed by atoms with E-state index in [1.807, 2.05) is 49.9 Å². The molecule has 2 atom stereocenters. The molecular formula is C25H32F2N2O4. The molecule has 1 aliphatic rings. The molecule has 6 nitrogen and oxygen atoms in total. The monoisotopic (exact) mass is 462 g/mol. The summed E-state index contributed by atoms with van der Waals surface area (Å²) >= 11 is 0. The van der Waals surface area contributed by atoms with Gasteiger partial charge in [-0.15, -0.1) is 0 Å². The molecule has 1 N–H and O–H groups in total. The van der Waals surface area contributed by atoms with Gasteiger partial charge in [-0.3, -0.25) is 4.90 Å². The second-order valence-electron chi connectivity index (χ2n) is 9.21. The van der Waals surface area contributed by atoms with Gasteiger partial charge >= 0.3 is 0 Å². The van der Waals surface area contributed by atoms with Crippen molar-refractivity contribution in [2.45, 2.75) is 51.5 Å². The molecular weight excluding hydrogens is 430 g/mol. The van der Waals surface area contributed by atoms with Gasteiger partial charge < -0.3 is 19.4 Å². The zero-order chi connectivity index (χ0) is 24.0. The lowest BCUT2D eigenvalue weighted by atomic mass is 10.0. The number of benzene rings is 2. The van der Waals surface area contributed by atoms with Crippen molar-refractivity contribution in [2.75, 3.05) is 26.8 Å². The van der Waals surface area contributed by atoms with Gasteiger partial charge in [-0.25, -0.2) is 8.78 Å². The fourth-order valence-electron chi connectivity index (χ4n) is 3.56. The molecule has 1 heterocycles. The van der Waals surface area contributed by atoms with Gasteiger partial charge in [0.05, 0.1) is 31.1 Å². The Balaban J connectivity index is 1.65. The van der Waals surface area contributed by atoms with Crippen LogP contribution in [0.3, 0.4) is 0 Å². The molecule has 0 radical (unpaired) electrons. The Hall–Kier alpha value is -2.55. The van der Waals surface area contributed by atoms with E-state index in [1.54, 1.807) is 7.11 Å². The van der Waals surface area contributed by atoms with Crippen LogP contribution in [0.15, 0.2) is 47.6 Å². The summed E-state index contributed by atoms with van der Waals surface area (Å²) < 4.78 is 38.5. The van der Waals surface area contributed by atoms with Gasteiger partial charge in [-0.05, 0) is 56.7 Å². The molecule has 0 amide bonds. The number of ether oxygens (including phenoxy) is 2. The number of aliphatic hydroxyl groups excluding tert-OH is 1. The lowest BCUT2D eigenvalue weighted by Crippen LogP contribution is -2.40. The smallest absolute Gasteiger partial charge is 0.145 e. The molecule has 8 heteroatoms. The van der Waals surface area contributed by atoms with Crippen molar-refractivity contribution in [1.29, 1.82) is 0 Å². The maximum absolute atomic E-state index is 14.3. The van der Waals surface area contributed by atoms with Crippen molar-refractivity contribution in [3.05, 3.63) is 65.2 Å². The van der Waals surface area contributed by atoms with E-state index < -0.39 is 17.7 Å². The fraction of sp³-hybridized carbons (Fsp3) is 0.480. The minimum atomic E-state index is -0.781. The molecule has 3 rings (SSSR count). The Kier molecular flexibility index (Phi) is 8.40. The average molecular weight is 463 g/mol. The second kappa shape index (κ2) is 11.0. The predicted molar refractivity (Wildman–Crippen MR) is 122 cm³/mol. The van der Waals surface area contributed by atoms with Gasteiger partial charge in [0, 0.05) is 37.7 Å². The Bertz CT molecular complexity index is 944. The van der Waals surface area contributed by atoms with Crippen LogP contribution in [-0.4, -0.2) is 60.3 Å². The molecule has 2 unspecified atom stereocenters. The maximum Gasteiger partial charge on any atom is 0.145 e. The number of nitrogens with zero attached hydrogens (tertiary/aromatic N) is 2. The molecule has 0 aromatic heterocycles. The fourth-order valence-corrected chi connectivity index (χ4v) is 3.56. The van der Waals surface area contributed by atoms with E-state index in [-0.39, 0.29) is 31.4 Å². The summed E-state index contributed by atoms with van der Waals surface area (Å²) in [6, 6.07) is 11.1. The van der Waals surface area contributed by atoms with E-state index in [0.717, 1.165) is 23.1 Å². The van der Waals surface area contributed by atoms with Crippen molar-refractivity contribution in [3.63, 3.8) is 0 Å². The molecule has 0 saturated carbocycles. The summed E-state index contributed by atoms with van der Waals surface area (Å²) in [7, 11) is 1.61. The van der Waals surface area contributed by atoms with E-state index in [0.29, 0.717) is 18.5 Å². The van der Waals surface area contributed by atoms with Crippen molar-refractivity contribution in [1.82, 2.24) is 4.90 Å². The summed E-state index contributed by atoms with van der Waals surface area (Å²) in [6.07, 6.45) is -0.471. The highest BCUT2D eigenvalue weighted by atomic mass is 19.1. The minimum Gasteiger partial charge on any atom is -0.497 e. The summed E-state index contributed by atoms with van der Waals surface area (Å²) in [5.74, 6) is -0.491. The molecule has 0 fully saturated rings. The van der Waals surface area contributed by atoms with Crippen LogP contribution in [-0.2, 0) is 16.1 Å². The summed E-state index contributed by atoms with van der Waals surface area (Å²) in [5, 5.41) is 14.7. The molecule has 180 valence electrons. The van der Waals surface area contributed by atoms with Crippen LogP contribution in [0, 0.1) is 11.6 Å². The highest BCUT2D eigenvalue weighted by Crippen LogP contribution is 2.21. The molecule has 0 spiro atoms. The SMILES string of the molecule is COc1ccc(C2=NOC(CN(Cc3ccc(F)cc3F)CC(O)COC(C)(C)C)C2)cc1. The number of oxime groups is 1. The van der Waals surface area contributed by atoms with Crippen molar-refractivity contribution >= 4 is 5.71 Å². The van der Waals surface area contributed by atoms with Gasteiger partial charge in [0.25, 0.3) is 0 Å². The molecule has 0 aliphatic carbocycles. The maximum atomic E-state index is 14.3. The van der Waals surface area contributed by atoms with Crippen molar-refractivity contribution in [3.8, 4) is 5.75 Å². The molecule has 2 aromatic rings. The van der Waals surface area contributed by atoms with Gasteiger partial charge in [0.15, 0.2) is 0 Å². The lowest BCUT2D eigenvalue weighted by molar-refractivity contribution is -0.0601. The Morgan fingerprint density at radius 3 is 2.55 bits per heavy atom. The zero-order valence-corrected chi connectivity index (χ0v) is 19.6. The molecule has 33 heavy (non-hydrogen) atoms. The average Bonchev–Trinajstić information content (AvgIpc) is 3.22. The third-order valence-electron chi connectivity index (χ3n) is 5.20. The first kappa shape index (κ1) is 25.1. The zero-order valence-electron chi connectivity index (χ0n) is 19.6. The van der Waals surface area contributed by atoms with Crippen LogP contribution >= 0.6 is 0 Å². The van der Waals surface area contributed by atoms with Crippen LogP contribution in [0.2, 0.25) is 0 Å². The lowest BCUT2D eigenvalue weighted by Gasteiger charge is -2.28. The highest BCUT2D eigenvalue weighted by Gasteiger charge is 2.27. The van der Waals surface area contributed by atoms with Gasteiger partial charge in [-0.1, -0.05) is 11.2 Å². The number of hydrogen-bond donors (Lipinski definition) is 1. The molecule has 1 aliphatic heterocycles. The predicted octanol–water partition coefficient (Wildman–Crippen LogP) is 4.14. The van der Waals surface area contributed by atoms with Crippen LogP contribution in [0.5, 0.6) is 5.75 Å². The van der Waals surface area contributed by atoms with Crippen LogP contribution in [0.1, 0.15) is 38.3 Å². The largest absolute Gasteiger partial charge is 0.497 e. The van der Waals surface area contributed by atoms with Crippen LogP contribution in [0.25, 0.3) is 0 Å². The Labute approximate surface area is 193 Å². The van der Waals surface area contributed by atoms with Gasteiger partial charge in [0.1, 0.15) is 23.5 Å². The first-order valence-electron chi connectivity index (χ1n) is 11.0. The third-order valence-corrected chi connectivity index (χ3v) is 5.20. The first-order valence-corrected chi connectivity index (χ1v) is 11.0. The standard InChI is InChI=1S/C25H32F2N2O4/c1-25(2,3)32-16-20(30)14-29(13-18-5-8-19(26)11-23(18)27)15-22-12-24(28-33-22)17-6-9-21(31-4)10-7-17/h5-11,20,22,30H,12-16H2,1-4H3. The summed E-state index contributed by atoms with van der Waals surface area (Å²) in [6.45, 7) is 6.72. The Morgan fingerprint density at radius 2 is 1.91 bits per heavy atom. The first-order chi connectivity index (χ1) is 15.6. The number of aliphatic hydroxyl groups is 1. The van der Waals surface area contributed by atoms with E-state index >= 15 is 0 Å². The van der Waals surface area contributed by atoms with E-state index in [2.05, 4.69) is 5.16 Å². The quantitative estimate of drug-likeness (QED) is 0.575. The summed E-state index contributed by atoms with van der Waals surface area (Å²) in [4.78, 5) is 7.52. The van der Waals surface area contributed by atoms with E-state index in [4.69, 9.17) is 14.3 Å². The number of halogens is 2. The normalized spacial score (nSPS) is 17.1.